The minimum absolute atomic E-state index is 0.913. The van der Waals surface area contributed by atoms with E-state index in [1.54, 1.807) is 11.1 Å². The topological polar surface area (TPSA) is 12.0 Å². The van der Waals surface area contributed by atoms with Gasteiger partial charge in [0.1, 0.15) is 0 Å². The van der Waals surface area contributed by atoms with Crippen molar-refractivity contribution in [3.8, 4) is 0 Å². The second-order valence-electron chi connectivity index (χ2n) is 3.99. The molecule has 0 aromatic rings. The third-order valence-corrected chi connectivity index (χ3v) is 2.97. The van der Waals surface area contributed by atoms with E-state index in [9.17, 15) is 0 Å². The molecule has 2 heteroatoms. The predicted octanol–water partition coefficient (Wildman–Crippen LogP) is 3.61. The highest BCUT2D eigenvalue weighted by Gasteiger charge is 2.02. The highest BCUT2D eigenvalue weighted by molar-refractivity contribution is 6.25. The van der Waals surface area contributed by atoms with Gasteiger partial charge in [0.2, 0.25) is 0 Å². The number of rotatable bonds is 5. The third-order valence-electron chi connectivity index (χ3n) is 2.60. The predicted molar refractivity (Wildman–Crippen MR) is 63.6 cm³/mol. The fourth-order valence-corrected chi connectivity index (χ4v) is 1.78. The molecule has 1 rings (SSSR count). The van der Waals surface area contributed by atoms with E-state index in [1.807, 2.05) is 6.92 Å². The van der Waals surface area contributed by atoms with Crippen LogP contribution < -0.4 is 5.32 Å². The van der Waals surface area contributed by atoms with E-state index in [1.165, 1.54) is 37.7 Å². The number of halogens is 1. The monoisotopic (exact) mass is 213 g/mol. The summed E-state index contributed by atoms with van der Waals surface area (Å²) in [7, 11) is 0. The molecule has 1 aliphatic carbocycles. The standard InChI is InChI=1S/C12H20ClN/c1-11(9-13)10-14-8-7-12-5-3-2-4-6-12/h5,9,14H,2-4,6-8,10H2,1H3. The van der Waals surface area contributed by atoms with Gasteiger partial charge in [-0.05, 0) is 51.1 Å². The molecule has 0 saturated carbocycles. The Morgan fingerprint density at radius 2 is 2.43 bits per heavy atom. The summed E-state index contributed by atoms with van der Waals surface area (Å²) in [6.07, 6.45) is 8.98. The quantitative estimate of drug-likeness (QED) is 0.544. The molecule has 0 amide bonds. The van der Waals surface area contributed by atoms with Crippen molar-refractivity contribution in [3.63, 3.8) is 0 Å². The van der Waals surface area contributed by atoms with Crippen LogP contribution >= 0.6 is 11.6 Å². The van der Waals surface area contributed by atoms with E-state index < -0.39 is 0 Å². The van der Waals surface area contributed by atoms with Crippen molar-refractivity contribution >= 4 is 11.6 Å². The fraction of sp³-hybridized carbons (Fsp3) is 0.667. The average molecular weight is 214 g/mol. The molecule has 0 spiro atoms. The maximum Gasteiger partial charge on any atom is 0.0173 e. The Morgan fingerprint density at radius 3 is 3.07 bits per heavy atom. The van der Waals surface area contributed by atoms with Crippen molar-refractivity contribution < 1.29 is 0 Å². The van der Waals surface area contributed by atoms with Gasteiger partial charge in [0.25, 0.3) is 0 Å². The molecule has 80 valence electrons. The molecule has 0 aliphatic heterocycles. The van der Waals surface area contributed by atoms with Crippen molar-refractivity contribution in [1.29, 1.82) is 0 Å². The molecule has 0 aromatic carbocycles. The van der Waals surface area contributed by atoms with Crippen molar-refractivity contribution in [2.45, 2.75) is 39.0 Å². The van der Waals surface area contributed by atoms with Crippen molar-refractivity contribution in [2.24, 2.45) is 0 Å². The highest BCUT2D eigenvalue weighted by Crippen LogP contribution is 2.19. The Balaban J connectivity index is 2.06. The van der Waals surface area contributed by atoms with E-state index >= 15 is 0 Å². The van der Waals surface area contributed by atoms with Gasteiger partial charge in [0, 0.05) is 12.1 Å². The molecule has 0 saturated heterocycles. The van der Waals surface area contributed by atoms with E-state index in [0.717, 1.165) is 13.1 Å². The van der Waals surface area contributed by atoms with Crippen LogP contribution in [0.2, 0.25) is 0 Å². The number of allylic oxidation sites excluding steroid dienone is 1. The second-order valence-corrected chi connectivity index (χ2v) is 4.21. The molecule has 1 N–H and O–H groups in total. The summed E-state index contributed by atoms with van der Waals surface area (Å²) in [5.41, 5.74) is 4.48. The summed E-state index contributed by atoms with van der Waals surface area (Å²) < 4.78 is 0. The second kappa shape index (κ2) is 7.08. The molecule has 0 unspecified atom stereocenters. The van der Waals surface area contributed by atoms with Crippen LogP contribution in [0.15, 0.2) is 22.8 Å². The normalized spacial score (nSPS) is 18.1. The maximum absolute atomic E-state index is 5.57. The minimum atomic E-state index is 0.913. The summed E-state index contributed by atoms with van der Waals surface area (Å²) in [4.78, 5) is 0. The zero-order valence-electron chi connectivity index (χ0n) is 8.98. The van der Waals surface area contributed by atoms with Crippen LogP contribution in [0.4, 0.5) is 0 Å². The molecule has 14 heavy (non-hydrogen) atoms. The lowest BCUT2D eigenvalue weighted by atomic mass is 9.97. The van der Waals surface area contributed by atoms with Gasteiger partial charge in [-0.1, -0.05) is 23.3 Å². The van der Waals surface area contributed by atoms with Gasteiger partial charge in [0.15, 0.2) is 0 Å². The lowest BCUT2D eigenvalue weighted by Crippen LogP contribution is -2.18. The van der Waals surface area contributed by atoms with E-state index in [-0.39, 0.29) is 0 Å². The maximum atomic E-state index is 5.57. The Bertz CT molecular complexity index is 218. The van der Waals surface area contributed by atoms with Gasteiger partial charge in [0.05, 0.1) is 0 Å². The van der Waals surface area contributed by atoms with E-state index in [2.05, 4.69) is 11.4 Å². The largest absolute Gasteiger partial charge is 0.313 e. The Kier molecular flexibility index (Phi) is 5.97. The SMILES string of the molecule is CC(=CCl)CNCCC1=CCCCC1. The Hall–Kier alpha value is -0.270. The Morgan fingerprint density at radius 1 is 1.57 bits per heavy atom. The smallest absolute Gasteiger partial charge is 0.0173 e. The first-order valence-electron chi connectivity index (χ1n) is 5.47. The van der Waals surface area contributed by atoms with Crippen LogP contribution in [0.3, 0.4) is 0 Å². The van der Waals surface area contributed by atoms with Crippen LogP contribution in [-0.4, -0.2) is 13.1 Å². The first-order chi connectivity index (χ1) is 6.83. The lowest BCUT2D eigenvalue weighted by molar-refractivity contribution is 0.647. The van der Waals surface area contributed by atoms with Gasteiger partial charge in [-0.2, -0.15) is 0 Å². The first kappa shape index (κ1) is 11.8. The van der Waals surface area contributed by atoms with Gasteiger partial charge < -0.3 is 5.32 Å². The lowest BCUT2D eigenvalue weighted by Gasteiger charge is -2.12. The van der Waals surface area contributed by atoms with Crippen LogP contribution in [-0.2, 0) is 0 Å². The zero-order chi connectivity index (χ0) is 10.2. The fourth-order valence-electron chi connectivity index (χ4n) is 1.70. The van der Waals surface area contributed by atoms with Crippen LogP contribution in [0.5, 0.6) is 0 Å². The van der Waals surface area contributed by atoms with Gasteiger partial charge >= 0.3 is 0 Å². The summed E-state index contributed by atoms with van der Waals surface area (Å²) in [5, 5.41) is 3.39. The summed E-state index contributed by atoms with van der Waals surface area (Å²) in [6, 6.07) is 0. The summed E-state index contributed by atoms with van der Waals surface area (Å²) in [5.74, 6) is 0. The molecule has 0 aromatic heterocycles. The van der Waals surface area contributed by atoms with Crippen molar-refractivity contribution in [1.82, 2.24) is 5.32 Å². The van der Waals surface area contributed by atoms with E-state index in [0.29, 0.717) is 0 Å². The third kappa shape index (κ3) is 4.83. The van der Waals surface area contributed by atoms with E-state index in [4.69, 9.17) is 11.6 Å². The first-order valence-corrected chi connectivity index (χ1v) is 5.91. The van der Waals surface area contributed by atoms with Gasteiger partial charge in [-0.25, -0.2) is 0 Å². The minimum Gasteiger partial charge on any atom is -0.313 e. The summed E-state index contributed by atoms with van der Waals surface area (Å²) in [6.45, 7) is 4.03. The van der Waals surface area contributed by atoms with Crippen molar-refractivity contribution in [2.75, 3.05) is 13.1 Å². The molecule has 1 aliphatic rings. The molecule has 0 heterocycles. The number of nitrogens with one attached hydrogen (secondary N) is 1. The number of hydrogen-bond acceptors (Lipinski definition) is 1. The molecule has 0 radical (unpaired) electrons. The van der Waals surface area contributed by atoms with Gasteiger partial charge in [-0.3, -0.25) is 0 Å². The van der Waals surface area contributed by atoms with Crippen LogP contribution in [0.1, 0.15) is 39.0 Å². The molecular weight excluding hydrogens is 194 g/mol. The molecule has 0 bridgehead atoms. The summed E-state index contributed by atoms with van der Waals surface area (Å²) >= 11 is 5.57. The highest BCUT2D eigenvalue weighted by atomic mass is 35.5. The molecular formula is C12H20ClN. The number of hydrogen-bond donors (Lipinski definition) is 1. The van der Waals surface area contributed by atoms with Crippen LogP contribution in [0, 0.1) is 0 Å². The molecule has 0 atom stereocenters. The van der Waals surface area contributed by atoms with Gasteiger partial charge in [-0.15, -0.1) is 0 Å². The molecule has 0 fully saturated rings. The Labute approximate surface area is 92.2 Å². The van der Waals surface area contributed by atoms with Crippen LogP contribution in [0.25, 0.3) is 0 Å². The molecule has 1 nitrogen and oxygen atoms in total. The zero-order valence-corrected chi connectivity index (χ0v) is 9.74. The average Bonchev–Trinajstić information content (AvgIpc) is 2.25. The van der Waals surface area contributed by atoms with Crippen molar-refractivity contribution in [3.05, 3.63) is 22.8 Å².